The normalized spacial score (nSPS) is 14.1. The minimum absolute atomic E-state index is 0.0160. The van der Waals surface area contributed by atoms with Gasteiger partial charge in [0.25, 0.3) is 17.5 Å². The predicted molar refractivity (Wildman–Crippen MR) is 106 cm³/mol. The molecule has 30 heavy (non-hydrogen) atoms. The van der Waals surface area contributed by atoms with Crippen molar-refractivity contribution in [3.05, 3.63) is 75.5 Å². The van der Waals surface area contributed by atoms with Crippen LogP contribution in [0, 0.1) is 10.1 Å². The zero-order chi connectivity index (χ0) is 21.4. The van der Waals surface area contributed by atoms with Crippen LogP contribution >= 0.6 is 0 Å². The minimum atomic E-state index is -1.16. The number of H-pyrrole nitrogens is 1. The van der Waals surface area contributed by atoms with Crippen molar-refractivity contribution in [2.24, 2.45) is 0 Å². The molecular weight excluding hydrogens is 390 g/mol. The van der Waals surface area contributed by atoms with E-state index in [1.807, 2.05) is 0 Å². The largest absolute Gasteiger partial charge is 0.464 e. The van der Waals surface area contributed by atoms with E-state index in [9.17, 15) is 24.5 Å². The molecule has 0 fully saturated rings. The van der Waals surface area contributed by atoms with Crippen molar-refractivity contribution in [3.8, 4) is 0 Å². The maximum atomic E-state index is 12.9. The molecule has 1 aromatic heterocycles. The molecule has 1 aliphatic heterocycles. The number of fused-ring (bicyclic) bond motifs is 2. The van der Waals surface area contributed by atoms with Crippen molar-refractivity contribution in [1.29, 1.82) is 0 Å². The van der Waals surface area contributed by atoms with E-state index in [4.69, 9.17) is 4.74 Å². The van der Waals surface area contributed by atoms with Crippen LogP contribution in [0.5, 0.6) is 0 Å². The molecule has 0 unspecified atom stereocenters. The quantitative estimate of drug-likeness (QED) is 0.290. The summed E-state index contributed by atoms with van der Waals surface area (Å²) in [6, 6.07) is 9.56. The Hall–Kier alpha value is -4.01. The van der Waals surface area contributed by atoms with Gasteiger partial charge in [-0.15, -0.1) is 0 Å². The zero-order valence-corrected chi connectivity index (χ0v) is 16.0. The third kappa shape index (κ3) is 3.10. The van der Waals surface area contributed by atoms with Crippen LogP contribution in [0.1, 0.15) is 33.2 Å². The van der Waals surface area contributed by atoms with Crippen LogP contribution in [0.3, 0.4) is 0 Å². The van der Waals surface area contributed by atoms with Crippen molar-refractivity contribution >= 4 is 34.4 Å². The number of non-ortho nitro benzene ring substituents is 1. The van der Waals surface area contributed by atoms with Gasteiger partial charge in [0.05, 0.1) is 28.2 Å². The van der Waals surface area contributed by atoms with Gasteiger partial charge in [-0.1, -0.05) is 12.1 Å². The van der Waals surface area contributed by atoms with Crippen molar-refractivity contribution in [3.63, 3.8) is 0 Å². The fraction of sp³-hybridized carbons (Fsp3) is 0.190. The van der Waals surface area contributed by atoms with Crippen LogP contribution in [-0.4, -0.2) is 45.2 Å². The number of nitro groups is 1. The Morgan fingerprint density at radius 1 is 1.17 bits per heavy atom. The zero-order valence-electron chi connectivity index (χ0n) is 16.0. The molecule has 4 rings (SSSR count). The number of imide groups is 1. The van der Waals surface area contributed by atoms with Crippen molar-refractivity contribution in [2.75, 3.05) is 6.61 Å². The Bertz CT molecular complexity index is 1160. The second-order valence-corrected chi connectivity index (χ2v) is 6.80. The number of ether oxygens (including phenoxy) is 1. The van der Waals surface area contributed by atoms with Gasteiger partial charge in [0, 0.05) is 30.1 Å². The van der Waals surface area contributed by atoms with Crippen molar-refractivity contribution < 1.29 is 24.0 Å². The Kier molecular flexibility index (Phi) is 4.78. The number of rotatable bonds is 6. The number of nitrogens with one attached hydrogen (secondary N) is 1. The maximum absolute atomic E-state index is 12.9. The fourth-order valence-corrected chi connectivity index (χ4v) is 3.67. The molecule has 9 nitrogen and oxygen atoms in total. The standard InChI is InChI=1S/C21H17N3O6/c1-2-30-21(27)18(23-19(25)15-5-3-4-6-16(15)20(23)26)9-12-11-22-17-10-13(24(28)29)7-8-14(12)17/h3-8,10-11,18,22H,2,9H2,1H3/t18-/m0/s1. The molecular formula is C21H17N3O6. The minimum Gasteiger partial charge on any atom is -0.464 e. The highest BCUT2D eigenvalue weighted by Crippen LogP contribution is 2.29. The van der Waals surface area contributed by atoms with Gasteiger partial charge in [0.2, 0.25) is 0 Å². The number of carbonyl (C=O) groups is 3. The van der Waals surface area contributed by atoms with E-state index >= 15 is 0 Å². The molecule has 0 spiro atoms. The Labute approximate surface area is 170 Å². The lowest BCUT2D eigenvalue weighted by molar-refractivity contribution is -0.384. The number of hydrogen-bond acceptors (Lipinski definition) is 6. The number of hydrogen-bond donors (Lipinski definition) is 1. The smallest absolute Gasteiger partial charge is 0.329 e. The number of nitro benzene ring substituents is 1. The maximum Gasteiger partial charge on any atom is 0.329 e. The third-order valence-electron chi connectivity index (χ3n) is 5.07. The summed E-state index contributed by atoms with van der Waals surface area (Å²) in [6.45, 7) is 1.74. The van der Waals surface area contributed by atoms with Crippen LogP contribution in [0.15, 0.2) is 48.7 Å². The predicted octanol–water partition coefficient (Wildman–Crippen LogP) is 2.85. The Morgan fingerprint density at radius 2 is 1.83 bits per heavy atom. The first-order valence-corrected chi connectivity index (χ1v) is 9.30. The van der Waals surface area contributed by atoms with E-state index in [2.05, 4.69) is 4.98 Å². The number of aromatic amines is 1. The molecule has 3 aromatic rings. The highest BCUT2D eigenvalue weighted by atomic mass is 16.6. The molecule has 2 heterocycles. The van der Waals surface area contributed by atoms with Gasteiger partial charge >= 0.3 is 5.97 Å². The van der Waals surface area contributed by atoms with E-state index in [1.54, 1.807) is 43.5 Å². The van der Waals surface area contributed by atoms with Gasteiger partial charge in [-0.05, 0) is 30.7 Å². The average Bonchev–Trinajstić information content (AvgIpc) is 3.25. The topological polar surface area (TPSA) is 123 Å². The number of benzene rings is 2. The van der Waals surface area contributed by atoms with Crippen molar-refractivity contribution in [2.45, 2.75) is 19.4 Å². The summed E-state index contributed by atoms with van der Waals surface area (Å²) in [6.07, 6.45) is 1.63. The van der Waals surface area contributed by atoms with E-state index in [1.165, 1.54) is 12.1 Å². The van der Waals surface area contributed by atoms with Crippen molar-refractivity contribution in [1.82, 2.24) is 9.88 Å². The molecule has 2 aromatic carbocycles. The Balaban J connectivity index is 1.72. The first-order valence-electron chi connectivity index (χ1n) is 9.30. The lowest BCUT2D eigenvalue weighted by Gasteiger charge is -2.24. The van der Waals surface area contributed by atoms with Gasteiger partial charge < -0.3 is 9.72 Å². The van der Waals surface area contributed by atoms with Gasteiger partial charge in [0.15, 0.2) is 0 Å². The molecule has 1 aliphatic rings. The van der Waals surface area contributed by atoms with Crippen LogP contribution < -0.4 is 0 Å². The van der Waals surface area contributed by atoms with E-state index < -0.39 is 28.7 Å². The van der Waals surface area contributed by atoms with Crippen LogP contribution in [0.25, 0.3) is 10.9 Å². The first kappa shape index (κ1) is 19.3. The highest BCUT2D eigenvalue weighted by Gasteiger charge is 2.43. The van der Waals surface area contributed by atoms with Crippen LogP contribution in [-0.2, 0) is 16.0 Å². The monoisotopic (exact) mass is 407 g/mol. The van der Waals surface area contributed by atoms with Gasteiger partial charge in [-0.2, -0.15) is 0 Å². The van der Waals surface area contributed by atoms with Gasteiger partial charge in [-0.3, -0.25) is 24.6 Å². The molecule has 0 radical (unpaired) electrons. The summed E-state index contributed by atoms with van der Waals surface area (Å²) in [7, 11) is 0. The summed E-state index contributed by atoms with van der Waals surface area (Å²) in [5, 5.41) is 11.7. The number of nitrogens with zero attached hydrogens (tertiary/aromatic N) is 2. The van der Waals surface area contributed by atoms with Gasteiger partial charge in [-0.25, -0.2) is 4.79 Å². The summed E-state index contributed by atoms with van der Waals surface area (Å²) < 4.78 is 5.14. The highest BCUT2D eigenvalue weighted by molar-refractivity contribution is 6.22. The summed E-state index contributed by atoms with van der Waals surface area (Å²) in [5.74, 6) is -1.79. The lowest BCUT2D eigenvalue weighted by atomic mass is 10.0. The number of amides is 2. The second-order valence-electron chi connectivity index (χ2n) is 6.80. The molecule has 0 bridgehead atoms. The molecule has 0 saturated heterocycles. The summed E-state index contributed by atoms with van der Waals surface area (Å²) in [4.78, 5) is 52.9. The summed E-state index contributed by atoms with van der Waals surface area (Å²) >= 11 is 0. The first-order chi connectivity index (χ1) is 14.4. The SMILES string of the molecule is CCOC(=O)[C@H](Cc1c[nH]c2cc([N+](=O)[O-])ccc12)N1C(=O)c2ccccc2C1=O. The number of carbonyl (C=O) groups excluding carboxylic acids is 3. The number of esters is 1. The second kappa shape index (κ2) is 7.43. The van der Waals surface area contributed by atoms with Crippen LogP contribution in [0.2, 0.25) is 0 Å². The average molecular weight is 407 g/mol. The van der Waals surface area contributed by atoms with Gasteiger partial charge in [0.1, 0.15) is 6.04 Å². The molecule has 0 saturated carbocycles. The fourth-order valence-electron chi connectivity index (χ4n) is 3.67. The molecule has 152 valence electrons. The molecule has 1 atom stereocenters. The molecule has 1 N–H and O–H groups in total. The molecule has 9 heteroatoms. The van der Waals surface area contributed by atoms with E-state index in [-0.39, 0.29) is 29.8 Å². The molecule has 0 aliphatic carbocycles. The van der Waals surface area contributed by atoms with E-state index in [0.717, 1.165) is 4.90 Å². The lowest BCUT2D eigenvalue weighted by Crippen LogP contribution is -2.47. The van der Waals surface area contributed by atoms with E-state index in [0.29, 0.717) is 16.5 Å². The third-order valence-corrected chi connectivity index (χ3v) is 5.07. The molecule has 2 amide bonds. The Morgan fingerprint density at radius 3 is 2.43 bits per heavy atom. The number of aromatic nitrogens is 1. The summed E-state index contributed by atoms with van der Waals surface area (Å²) in [5.41, 5.74) is 1.56. The van der Waals surface area contributed by atoms with Crippen LogP contribution in [0.4, 0.5) is 5.69 Å².